The van der Waals surface area contributed by atoms with Gasteiger partial charge < -0.3 is 10.0 Å². The molecule has 1 fully saturated rings. The van der Waals surface area contributed by atoms with Gasteiger partial charge in [-0.3, -0.25) is 4.40 Å². The summed E-state index contributed by atoms with van der Waals surface area (Å²) in [6.07, 6.45) is 5.93. The Morgan fingerprint density at radius 2 is 2.38 bits per heavy atom. The van der Waals surface area contributed by atoms with Crippen LogP contribution in [-0.2, 0) is 0 Å². The summed E-state index contributed by atoms with van der Waals surface area (Å²) in [5, 5.41) is 17.8. The molecular formula is C10H13N5O. The molecule has 0 amide bonds. The minimum atomic E-state index is -0.630. The Hall–Kier alpha value is -1.69. The van der Waals surface area contributed by atoms with Crippen molar-refractivity contribution < 1.29 is 5.11 Å². The zero-order chi connectivity index (χ0) is 11.2. The van der Waals surface area contributed by atoms with Gasteiger partial charge >= 0.3 is 0 Å². The molecule has 6 heteroatoms. The summed E-state index contributed by atoms with van der Waals surface area (Å²) in [4.78, 5) is 6.36. The maximum Gasteiger partial charge on any atom is 0.203 e. The Balaban J connectivity index is 2.03. The van der Waals surface area contributed by atoms with Crippen molar-refractivity contribution in [3.63, 3.8) is 0 Å². The number of aliphatic hydroxyl groups is 1. The molecule has 6 nitrogen and oxygen atoms in total. The minimum Gasteiger partial charge on any atom is -0.388 e. The van der Waals surface area contributed by atoms with Crippen molar-refractivity contribution in [1.29, 1.82) is 0 Å². The average molecular weight is 219 g/mol. The van der Waals surface area contributed by atoms with Gasteiger partial charge in [0.1, 0.15) is 6.33 Å². The molecule has 0 aromatic carbocycles. The summed E-state index contributed by atoms with van der Waals surface area (Å²) >= 11 is 0. The molecule has 2 aromatic rings. The molecule has 1 N–H and O–H groups in total. The number of hydrogen-bond donors (Lipinski definition) is 1. The standard InChI is InChI=1S/C10H13N5O/c1-10(16)2-4-14(6-10)8-9-13-12-7-15(9)5-3-11-8/h3,5,7,16H,2,4,6H2,1H3. The van der Waals surface area contributed by atoms with Crippen molar-refractivity contribution in [1.82, 2.24) is 19.6 Å². The van der Waals surface area contributed by atoms with Crippen molar-refractivity contribution >= 4 is 11.5 Å². The topological polar surface area (TPSA) is 66.5 Å². The first-order chi connectivity index (χ1) is 7.66. The third kappa shape index (κ3) is 1.42. The zero-order valence-corrected chi connectivity index (χ0v) is 9.04. The number of hydrogen-bond acceptors (Lipinski definition) is 5. The Labute approximate surface area is 92.5 Å². The quantitative estimate of drug-likeness (QED) is 0.736. The molecule has 0 radical (unpaired) electrons. The molecule has 0 aliphatic carbocycles. The van der Waals surface area contributed by atoms with E-state index in [4.69, 9.17) is 0 Å². The second-order valence-corrected chi connectivity index (χ2v) is 4.48. The van der Waals surface area contributed by atoms with E-state index in [1.165, 1.54) is 0 Å². The normalized spacial score (nSPS) is 25.5. The molecule has 84 valence electrons. The summed E-state index contributed by atoms with van der Waals surface area (Å²) in [5.41, 5.74) is 0.106. The summed E-state index contributed by atoms with van der Waals surface area (Å²) in [6, 6.07) is 0. The lowest BCUT2D eigenvalue weighted by Crippen LogP contribution is -2.30. The van der Waals surface area contributed by atoms with Crippen LogP contribution >= 0.6 is 0 Å². The SMILES string of the molecule is CC1(O)CCN(c2nccn3cnnc23)C1. The summed E-state index contributed by atoms with van der Waals surface area (Å²) in [7, 11) is 0. The van der Waals surface area contributed by atoms with Crippen LogP contribution in [0.4, 0.5) is 5.82 Å². The molecule has 3 rings (SSSR count). The van der Waals surface area contributed by atoms with Crippen molar-refractivity contribution in [2.24, 2.45) is 0 Å². The minimum absolute atomic E-state index is 0.590. The van der Waals surface area contributed by atoms with Gasteiger partial charge in [0.05, 0.1) is 5.60 Å². The Morgan fingerprint density at radius 1 is 1.50 bits per heavy atom. The number of aromatic nitrogens is 4. The van der Waals surface area contributed by atoms with E-state index in [9.17, 15) is 5.11 Å². The molecule has 2 aromatic heterocycles. The molecule has 1 saturated heterocycles. The highest BCUT2D eigenvalue weighted by Crippen LogP contribution is 2.26. The molecule has 0 spiro atoms. The van der Waals surface area contributed by atoms with Gasteiger partial charge in [0.25, 0.3) is 0 Å². The lowest BCUT2D eigenvalue weighted by molar-refractivity contribution is 0.0839. The molecule has 1 unspecified atom stereocenters. The first-order valence-corrected chi connectivity index (χ1v) is 5.27. The molecule has 0 saturated carbocycles. The van der Waals surface area contributed by atoms with Crippen LogP contribution in [0, 0.1) is 0 Å². The van der Waals surface area contributed by atoms with Gasteiger partial charge in [0.2, 0.25) is 5.65 Å². The van der Waals surface area contributed by atoms with E-state index in [2.05, 4.69) is 15.2 Å². The third-order valence-corrected chi connectivity index (χ3v) is 2.95. The predicted molar refractivity (Wildman–Crippen MR) is 58.2 cm³/mol. The Bertz CT molecular complexity index is 521. The smallest absolute Gasteiger partial charge is 0.203 e. The average Bonchev–Trinajstić information content (AvgIpc) is 2.83. The van der Waals surface area contributed by atoms with Crippen LogP contribution in [0.1, 0.15) is 13.3 Å². The van der Waals surface area contributed by atoms with E-state index in [0.717, 1.165) is 24.4 Å². The van der Waals surface area contributed by atoms with Crippen LogP contribution in [0.2, 0.25) is 0 Å². The molecular weight excluding hydrogens is 206 g/mol. The van der Waals surface area contributed by atoms with E-state index in [0.29, 0.717) is 6.54 Å². The predicted octanol–water partition coefficient (Wildman–Crippen LogP) is 0.0854. The van der Waals surface area contributed by atoms with Crippen LogP contribution in [0.3, 0.4) is 0 Å². The Morgan fingerprint density at radius 3 is 3.12 bits per heavy atom. The van der Waals surface area contributed by atoms with Crippen molar-refractivity contribution in [2.45, 2.75) is 18.9 Å². The summed E-state index contributed by atoms with van der Waals surface area (Å²) in [5.74, 6) is 0.790. The number of β-amino-alcohol motifs (C(OH)–C–C–N with tert-alkyl or cyclic N) is 1. The highest BCUT2D eigenvalue weighted by atomic mass is 16.3. The second kappa shape index (κ2) is 3.15. The fourth-order valence-electron chi connectivity index (χ4n) is 2.09. The highest BCUT2D eigenvalue weighted by molar-refractivity contribution is 5.63. The van der Waals surface area contributed by atoms with Gasteiger partial charge in [-0.2, -0.15) is 0 Å². The zero-order valence-electron chi connectivity index (χ0n) is 9.04. The molecule has 1 aliphatic heterocycles. The third-order valence-electron chi connectivity index (χ3n) is 2.95. The summed E-state index contributed by atoms with van der Waals surface area (Å²) < 4.78 is 1.83. The highest BCUT2D eigenvalue weighted by Gasteiger charge is 2.33. The van der Waals surface area contributed by atoms with Gasteiger partial charge in [-0.25, -0.2) is 4.98 Å². The van der Waals surface area contributed by atoms with Crippen molar-refractivity contribution in [3.05, 3.63) is 18.7 Å². The second-order valence-electron chi connectivity index (χ2n) is 4.48. The van der Waals surface area contributed by atoms with Gasteiger partial charge in [-0.05, 0) is 13.3 Å². The van der Waals surface area contributed by atoms with E-state index in [1.807, 2.05) is 22.4 Å². The first-order valence-electron chi connectivity index (χ1n) is 5.27. The molecule has 0 bridgehead atoms. The van der Waals surface area contributed by atoms with Crippen LogP contribution < -0.4 is 4.90 Å². The van der Waals surface area contributed by atoms with Crippen molar-refractivity contribution in [2.75, 3.05) is 18.0 Å². The lowest BCUT2D eigenvalue weighted by Gasteiger charge is -2.19. The lowest BCUT2D eigenvalue weighted by atomic mass is 10.1. The van der Waals surface area contributed by atoms with E-state index in [-0.39, 0.29) is 0 Å². The molecule has 1 atom stereocenters. The monoisotopic (exact) mass is 219 g/mol. The van der Waals surface area contributed by atoms with Gasteiger partial charge in [-0.1, -0.05) is 0 Å². The van der Waals surface area contributed by atoms with Crippen LogP contribution in [0.15, 0.2) is 18.7 Å². The number of anilines is 1. The fraction of sp³-hybridized carbons (Fsp3) is 0.500. The van der Waals surface area contributed by atoms with Gasteiger partial charge in [-0.15, -0.1) is 10.2 Å². The fourth-order valence-corrected chi connectivity index (χ4v) is 2.09. The molecule has 1 aliphatic rings. The number of fused-ring (bicyclic) bond motifs is 1. The maximum absolute atomic E-state index is 9.94. The van der Waals surface area contributed by atoms with Crippen molar-refractivity contribution in [3.8, 4) is 0 Å². The largest absolute Gasteiger partial charge is 0.388 e. The maximum atomic E-state index is 9.94. The van der Waals surface area contributed by atoms with E-state index >= 15 is 0 Å². The van der Waals surface area contributed by atoms with Gasteiger partial charge in [0, 0.05) is 25.5 Å². The van der Waals surface area contributed by atoms with E-state index < -0.39 is 5.60 Å². The Kier molecular flexibility index (Phi) is 1.88. The number of rotatable bonds is 1. The molecule has 3 heterocycles. The molecule has 16 heavy (non-hydrogen) atoms. The summed E-state index contributed by atoms with van der Waals surface area (Å²) in [6.45, 7) is 3.23. The van der Waals surface area contributed by atoms with Crippen LogP contribution in [-0.4, -0.2) is 43.4 Å². The van der Waals surface area contributed by atoms with Crippen LogP contribution in [0.5, 0.6) is 0 Å². The van der Waals surface area contributed by atoms with Gasteiger partial charge in [0.15, 0.2) is 5.82 Å². The van der Waals surface area contributed by atoms with E-state index in [1.54, 1.807) is 12.5 Å². The van der Waals surface area contributed by atoms with Crippen LogP contribution in [0.25, 0.3) is 5.65 Å². The number of nitrogens with zero attached hydrogens (tertiary/aromatic N) is 5. The first kappa shape index (κ1) is 9.53.